The van der Waals surface area contributed by atoms with Crippen LogP contribution in [0, 0.1) is 0 Å². The fourth-order valence-electron chi connectivity index (χ4n) is 3.26. The summed E-state index contributed by atoms with van der Waals surface area (Å²) in [5.41, 5.74) is 2.30. The second-order valence-electron chi connectivity index (χ2n) is 6.82. The number of hydrogen-bond acceptors (Lipinski definition) is 3. The lowest BCUT2D eigenvalue weighted by molar-refractivity contribution is 0.389. The number of rotatable bonds is 8. The van der Waals surface area contributed by atoms with Crippen LogP contribution in [0.15, 0.2) is 64.5 Å². The van der Waals surface area contributed by atoms with Crippen LogP contribution in [0.4, 0.5) is 0 Å². The number of benzene rings is 2. The van der Waals surface area contributed by atoms with Crippen LogP contribution in [0.1, 0.15) is 37.8 Å². The molecule has 2 rings (SSSR count). The summed E-state index contributed by atoms with van der Waals surface area (Å²) in [6.45, 7) is 5.72. The first-order valence-corrected chi connectivity index (χ1v) is 11.0. The van der Waals surface area contributed by atoms with Gasteiger partial charge in [-0.25, -0.2) is 13.6 Å². The molecule has 2 aromatic rings. The quantitative estimate of drug-likeness (QED) is 0.277. The van der Waals surface area contributed by atoms with Gasteiger partial charge in [0.25, 0.3) is 0 Å². The molecule has 4 N–H and O–H groups in total. The fraction of sp³-hybridized carbons (Fsp3) is 0.381. The zero-order valence-electron chi connectivity index (χ0n) is 17.2. The smallest absolute Gasteiger partial charge is 0.238 e. The van der Waals surface area contributed by atoms with Gasteiger partial charge < -0.3 is 10.6 Å². The largest absolute Gasteiger partial charge is 0.356 e. The summed E-state index contributed by atoms with van der Waals surface area (Å²) in [4.78, 5) is 4.41. The van der Waals surface area contributed by atoms with Gasteiger partial charge >= 0.3 is 0 Å². The van der Waals surface area contributed by atoms with E-state index < -0.39 is 10.0 Å². The third-order valence-electron chi connectivity index (χ3n) is 5.27. The van der Waals surface area contributed by atoms with E-state index in [1.54, 1.807) is 19.2 Å². The Balaban J connectivity index is 0.00000420. The summed E-state index contributed by atoms with van der Waals surface area (Å²) in [7, 11) is -1.93. The van der Waals surface area contributed by atoms with Gasteiger partial charge in [0.15, 0.2) is 5.96 Å². The van der Waals surface area contributed by atoms with Crippen LogP contribution in [0.2, 0.25) is 0 Å². The molecule has 0 amide bonds. The van der Waals surface area contributed by atoms with Gasteiger partial charge in [-0.05, 0) is 36.1 Å². The molecule has 0 bridgehead atoms. The summed E-state index contributed by atoms with van der Waals surface area (Å²) in [6, 6.07) is 17.1. The zero-order valence-corrected chi connectivity index (χ0v) is 20.3. The number of nitrogens with two attached hydrogens (primary N) is 1. The number of primary sulfonamides is 1. The third-order valence-corrected chi connectivity index (χ3v) is 6.20. The van der Waals surface area contributed by atoms with E-state index in [-0.39, 0.29) is 34.3 Å². The van der Waals surface area contributed by atoms with Crippen molar-refractivity contribution in [2.45, 2.75) is 43.5 Å². The number of halogens is 1. The van der Waals surface area contributed by atoms with E-state index in [2.05, 4.69) is 53.7 Å². The first-order chi connectivity index (χ1) is 13.3. The molecule has 0 fully saturated rings. The van der Waals surface area contributed by atoms with E-state index in [1.165, 1.54) is 17.7 Å². The topological polar surface area (TPSA) is 96.6 Å². The van der Waals surface area contributed by atoms with Crippen LogP contribution in [0.3, 0.4) is 0 Å². The Morgan fingerprint density at radius 3 is 2.07 bits per heavy atom. The number of nitrogens with zero attached hydrogens (tertiary/aromatic N) is 1. The Hall–Kier alpha value is -1.65. The molecule has 0 aliphatic carbocycles. The van der Waals surface area contributed by atoms with Crippen LogP contribution in [0.25, 0.3) is 0 Å². The van der Waals surface area contributed by atoms with Crippen LogP contribution in [-0.4, -0.2) is 28.0 Å². The van der Waals surface area contributed by atoms with Crippen molar-refractivity contribution in [1.82, 2.24) is 10.6 Å². The molecule has 0 heterocycles. The number of aliphatic imine (C=N–C) groups is 1. The second-order valence-corrected chi connectivity index (χ2v) is 8.38. The average molecular weight is 530 g/mol. The molecule has 29 heavy (non-hydrogen) atoms. The summed E-state index contributed by atoms with van der Waals surface area (Å²) < 4.78 is 22.7. The lowest BCUT2D eigenvalue weighted by Gasteiger charge is -2.33. The highest BCUT2D eigenvalue weighted by atomic mass is 127. The standard InChI is InChI=1S/C21H30N4O2S.HI/c1-4-21(5-2,18-9-7-6-8-10-18)16-25-20(23-3)24-15-17-11-13-19(14-12-17)28(22,26)27;/h6-14H,4-5,15-16H2,1-3H3,(H2,22,26,27)(H2,23,24,25);1H. The molecular weight excluding hydrogens is 499 g/mol. The Kier molecular flexibility index (Phi) is 10.1. The van der Waals surface area contributed by atoms with Gasteiger partial charge in [-0.1, -0.05) is 56.3 Å². The molecule has 2 aromatic carbocycles. The van der Waals surface area contributed by atoms with Gasteiger partial charge in [-0.15, -0.1) is 24.0 Å². The minimum atomic E-state index is -3.67. The Morgan fingerprint density at radius 2 is 1.59 bits per heavy atom. The Bertz CT molecular complexity index is 881. The highest BCUT2D eigenvalue weighted by Crippen LogP contribution is 2.30. The number of hydrogen-bond donors (Lipinski definition) is 3. The van der Waals surface area contributed by atoms with Crippen LogP contribution < -0.4 is 15.8 Å². The summed E-state index contributed by atoms with van der Waals surface area (Å²) in [6.07, 6.45) is 2.04. The van der Waals surface area contributed by atoms with Crippen molar-refractivity contribution in [2.24, 2.45) is 10.1 Å². The van der Waals surface area contributed by atoms with Gasteiger partial charge in [-0.3, -0.25) is 4.99 Å². The maximum absolute atomic E-state index is 11.3. The lowest BCUT2D eigenvalue weighted by Crippen LogP contribution is -2.45. The average Bonchev–Trinajstić information content (AvgIpc) is 2.71. The first kappa shape index (κ1) is 25.4. The van der Waals surface area contributed by atoms with Crippen molar-refractivity contribution in [1.29, 1.82) is 0 Å². The molecule has 0 aliphatic rings. The maximum Gasteiger partial charge on any atom is 0.238 e. The first-order valence-electron chi connectivity index (χ1n) is 9.46. The van der Waals surface area contributed by atoms with E-state index in [0.29, 0.717) is 12.5 Å². The van der Waals surface area contributed by atoms with Gasteiger partial charge in [0, 0.05) is 25.6 Å². The van der Waals surface area contributed by atoms with E-state index in [9.17, 15) is 8.42 Å². The van der Waals surface area contributed by atoms with Crippen molar-refractivity contribution in [3.63, 3.8) is 0 Å². The van der Waals surface area contributed by atoms with Crippen molar-refractivity contribution in [3.8, 4) is 0 Å². The second kappa shape index (κ2) is 11.5. The van der Waals surface area contributed by atoms with Gasteiger partial charge in [-0.2, -0.15) is 0 Å². The van der Waals surface area contributed by atoms with Crippen LogP contribution in [-0.2, 0) is 22.0 Å². The Labute approximate surface area is 191 Å². The van der Waals surface area contributed by atoms with E-state index in [4.69, 9.17) is 5.14 Å². The van der Waals surface area contributed by atoms with Crippen LogP contribution in [0.5, 0.6) is 0 Å². The monoisotopic (exact) mass is 530 g/mol. The minimum Gasteiger partial charge on any atom is -0.356 e. The normalized spacial score (nSPS) is 12.2. The number of sulfonamides is 1. The van der Waals surface area contributed by atoms with Crippen molar-refractivity contribution in [3.05, 3.63) is 65.7 Å². The summed E-state index contributed by atoms with van der Waals surface area (Å²) in [5.74, 6) is 0.706. The van der Waals surface area contributed by atoms with Crippen molar-refractivity contribution in [2.75, 3.05) is 13.6 Å². The molecule has 0 saturated heterocycles. The van der Waals surface area contributed by atoms with Gasteiger partial charge in [0.2, 0.25) is 10.0 Å². The fourth-order valence-corrected chi connectivity index (χ4v) is 3.77. The SMILES string of the molecule is CCC(CC)(CNC(=NC)NCc1ccc(S(N)(=O)=O)cc1)c1ccccc1.I. The maximum atomic E-state index is 11.3. The molecule has 6 nitrogen and oxygen atoms in total. The molecule has 0 unspecified atom stereocenters. The molecule has 0 aliphatic heterocycles. The molecule has 8 heteroatoms. The highest BCUT2D eigenvalue weighted by molar-refractivity contribution is 14.0. The summed E-state index contributed by atoms with van der Waals surface area (Å²) in [5, 5.41) is 11.8. The highest BCUT2D eigenvalue weighted by Gasteiger charge is 2.28. The summed E-state index contributed by atoms with van der Waals surface area (Å²) >= 11 is 0. The predicted octanol–water partition coefficient (Wildman–Crippen LogP) is 3.38. The molecule has 0 saturated carbocycles. The van der Waals surface area contributed by atoms with E-state index >= 15 is 0 Å². The number of guanidine groups is 1. The minimum absolute atomic E-state index is 0. The molecule has 0 spiro atoms. The van der Waals surface area contributed by atoms with Crippen molar-refractivity contribution < 1.29 is 8.42 Å². The Morgan fingerprint density at radius 1 is 1.00 bits per heavy atom. The third kappa shape index (κ3) is 6.97. The van der Waals surface area contributed by atoms with Crippen molar-refractivity contribution >= 4 is 40.0 Å². The zero-order chi connectivity index (χ0) is 20.6. The lowest BCUT2D eigenvalue weighted by atomic mass is 9.76. The molecule has 0 atom stereocenters. The molecule has 0 aromatic heterocycles. The number of nitrogens with one attached hydrogen (secondary N) is 2. The molecular formula is C21H31IN4O2S. The van der Waals surface area contributed by atoms with Gasteiger partial charge in [0.05, 0.1) is 4.90 Å². The molecule has 160 valence electrons. The van der Waals surface area contributed by atoms with Gasteiger partial charge in [0.1, 0.15) is 0 Å². The van der Waals surface area contributed by atoms with E-state index in [0.717, 1.165) is 24.9 Å². The van der Waals surface area contributed by atoms with E-state index in [1.807, 2.05) is 6.07 Å². The molecule has 0 radical (unpaired) electrons. The van der Waals surface area contributed by atoms with Crippen LogP contribution >= 0.6 is 24.0 Å². The predicted molar refractivity (Wildman–Crippen MR) is 130 cm³/mol.